The second-order valence-electron chi connectivity index (χ2n) is 8.16. The van der Waals surface area contributed by atoms with E-state index < -0.39 is 27.9 Å². The molecule has 1 aliphatic heterocycles. The lowest BCUT2D eigenvalue weighted by atomic mass is 10.1. The van der Waals surface area contributed by atoms with Crippen molar-refractivity contribution < 1.29 is 22.7 Å². The monoisotopic (exact) mass is 473 g/mol. The van der Waals surface area contributed by atoms with Gasteiger partial charge >= 0.3 is 0 Å². The number of sulfonamides is 1. The summed E-state index contributed by atoms with van der Waals surface area (Å²) in [5.74, 6) is -0.937. The molecule has 2 aromatic rings. The first-order valence-electron chi connectivity index (χ1n) is 11.0. The molecule has 33 heavy (non-hydrogen) atoms. The fourth-order valence-corrected chi connectivity index (χ4v) is 6.25. The van der Waals surface area contributed by atoms with E-state index in [2.05, 4.69) is 10.6 Å². The number of fused-ring (bicyclic) bond motifs is 1. The fraction of sp³-hybridized carbons (Fsp3) is 0.417. The van der Waals surface area contributed by atoms with Crippen molar-refractivity contribution in [2.75, 3.05) is 29.4 Å². The van der Waals surface area contributed by atoms with Gasteiger partial charge in [0.05, 0.1) is 22.7 Å². The lowest BCUT2D eigenvalue weighted by molar-refractivity contribution is -0.125. The van der Waals surface area contributed by atoms with Crippen LogP contribution >= 0.6 is 0 Å². The first-order chi connectivity index (χ1) is 15.7. The normalized spacial score (nSPS) is 15.7. The number of rotatable bonds is 9. The predicted octanol–water partition coefficient (Wildman–Crippen LogP) is 3.06. The third kappa shape index (κ3) is 5.36. The Bertz CT molecular complexity index is 1120. The molecule has 2 amide bonds. The zero-order valence-electron chi connectivity index (χ0n) is 19.5. The van der Waals surface area contributed by atoms with E-state index in [1.165, 1.54) is 0 Å². The first kappa shape index (κ1) is 24.7. The average molecular weight is 474 g/mol. The van der Waals surface area contributed by atoms with Gasteiger partial charge < -0.3 is 15.4 Å². The van der Waals surface area contributed by atoms with Gasteiger partial charge in [-0.1, -0.05) is 29.8 Å². The van der Waals surface area contributed by atoms with Crippen molar-refractivity contribution in [2.45, 2.75) is 51.5 Å². The van der Waals surface area contributed by atoms with E-state index in [0.29, 0.717) is 48.7 Å². The topological polar surface area (TPSA) is 105 Å². The minimum Gasteiger partial charge on any atom is -0.382 e. The van der Waals surface area contributed by atoms with Crippen molar-refractivity contribution in [1.29, 1.82) is 0 Å². The van der Waals surface area contributed by atoms with Gasteiger partial charge in [-0.05, 0) is 57.4 Å². The molecule has 9 heteroatoms. The van der Waals surface area contributed by atoms with E-state index >= 15 is 0 Å². The Hall–Kier alpha value is -2.91. The van der Waals surface area contributed by atoms with Crippen LogP contribution in [0.25, 0.3) is 0 Å². The molecular formula is C24H31N3O5S. The van der Waals surface area contributed by atoms with Gasteiger partial charge in [-0.2, -0.15) is 0 Å². The Kier molecular flexibility index (Phi) is 7.76. The Morgan fingerprint density at radius 2 is 1.82 bits per heavy atom. The van der Waals surface area contributed by atoms with E-state index in [1.807, 2.05) is 13.8 Å². The zero-order valence-corrected chi connectivity index (χ0v) is 20.3. The van der Waals surface area contributed by atoms with Crippen LogP contribution in [0.4, 0.5) is 11.4 Å². The predicted molar refractivity (Wildman–Crippen MR) is 128 cm³/mol. The molecule has 3 rings (SSSR count). The minimum atomic E-state index is -4.14. The molecule has 0 fully saturated rings. The van der Waals surface area contributed by atoms with Gasteiger partial charge in [-0.3, -0.25) is 13.9 Å². The number of anilines is 2. The molecule has 0 spiro atoms. The van der Waals surface area contributed by atoms with Crippen LogP contribution in [-0.4, -0.2) is 46.0 Å². The van der Waals surface area contributed by atoms with Gasteiger partial charge in [0, 0.05) is 19.8 Å². The molecule has 0 aromatic heterocycles. The number of hydrogen-bond acceptors (Lipinski definition) is 5. The number of carbonyl (C=O) groups excluding carboxylic acids is 2. The van der Waals surface area contributed by atoms with Crippen molar-refractivity contribution in [3.8, 4) is 0 Å². The quantitative estimate of drug-likeness (QED) is 0.545. The van der Waals surface area contributed by atoms with Crippen LogP contribution < -0.4 is 14.9 Å². The van der Waals surface area contributed by atoms with Crippen LogP contribution in [0.5, 0.6) is 0 Å². The summed E-state index contributed by atoms with van der Waals surface area (Å²) in [6, 6.07) is 9.10. The van der Waals surface area contributed by atoms with Gasteiger partial charge in [-0.25, -0.2) is 8.42 Å². The largest absolute Gasteiger partial charge is 0.382 e. The van der Waals surface area contributed by atoms with Crippen LogP contribution in [0.3, 0.4) is 0 Å². The van der Waals surface area contributed by atoms with Crippen LogP contribution in [0.1, 0.15) is 36.5 Å². The summed E-state index contributed by atoms with van der Waals surface area (Å²) in [6.07, 6.45) is 0.334. The number of benzene rings is 2. The second-order valence-corrected chi connectivity index (χ2v) is 9.91. The molecule has 2 N–H and O–H groups in total. The van der Waals surface area contributed by atoms with Gasteiger partial charge in [-0.15, -0.1) is 0 Å². The summed E-state index contributed by atoms with van der Waals surface area (Å²) >= 11 is 0. The third-order valence-electron chi connectivity index (χ3n) is 5.48. The summed E-state index contributed by atoms with van der Waals surface area (Å²) in [5.41, 5.74) is 2.86. The fourth-order valence-electron chi connectivity index (χ4n) is 4.20. The van der Waals surface area contributed by atoms with E-state index in [4.69, 9.17) is 4.74 Å². The van der Waals surface area contributed by atoms with Crippen LogP contribution in [0.2, 0.25) is 0 Å². The van der Waals surface area contributed by atoms with Crippen LogP contribution in [0, 0.1) is 20.8 Å². The number of amides is 2. The molecule has 0 bridgehead atoms. The molecule has 178 valence electrons. The van der Waals surface area contributed by atoms with Crippen molar-refractivity contribution in [1.82, 2.24) is 5.32 Å². The summed E-state index contributed by atoms with van der Waals surface area (Å²) in [4.78, 5) is 25.8. The van der Waals surface area contributed by atoms with Gasteiger partial charge in [0.15, 0.2) is 0 Å². The summed E-state index contributed by atoms with van der Waals surface area (Å²) in [6.45, 7) is 8.77. The Morgan fingerprint density at radius 1 is 1.15 bits per heavy atom. The molecule has 0 aliphatic carbocycles. The van der Waals surface area contributed by atoms with Crippen molar-refractivity contribution >= 4 is 33.2 Å². The van der Waals surface area contributed by atoms with Crippen molar-refractivity contribution in [3.63, 3.8) is 0 Å². The SMILES string of the molecule is CCOCCCNC(=O)CC1C(=O)Nc2ccccc2N1S(=O)(=O)c1c(C)cc(C)cc1C. The minimum absolute atomic E-state index is 0.153. The van der Waals surface area contributed by atoms with Crippen molar-refractivity contribution in [2.24, 2.45) is 0 Å². The molecular weight excluding hydrogens is 442 g/mol. The van der Waals surface area contributed by atoms with Gasteiger partial charge in [0.1, 0.15) is 6.04 Å². The first-order valence-corrected chi connectivity index (χ1v) is 12.5. The number of para-hydroxylation sites is 2. The molecule has 1 heterocycles. The Labute approximate surface area is 195 Å². The molecule has 0 saturated carbocycles. The van der Waals surface area contributed by atoms with Gasteiger partial charge in [0.2, 0.25) is 11.8 Å². The highest BCUT2D eigenvalue weighted by Crippen LogP contribution is 2.38. The summed E-state index contributed by atoms with van der Waals surface area (Å²) in [7, 11) is -4.14. The molecule has 2 aromatic carbocycles. The Balaban J connectivity index is 1.98. The number of hydrogen-bond donors (Lipinski definition) is 2. The third-order valence-corrected chi connectivity index (χ3v) is 7.61. The number of nitrogens with zero attached hydrogens (tertiary/aromatic N) is 1. The standard InChI is InChI=1S/C24H31N3O5S/c1-5-32-12-8-11-25-22(28)15-21-24(29)26-19-9-6-7-10-20(19)27(21)33(30,31)23-17(3)13-16(2)14-18(23)4/h6-7,9-10,13-14,21H,5,8,11-12,15H2,1-4H3,(H,25,28)(H,26,29). The van der Waals surface area contributed by atoms with Gasteiger partial charge in [0.25, 0.3) is 10.0 Å². The van der Waals surface area contributed by atoms with E-state index in [-0.39, 0.29) is 11.3 Å². The molecule has 0 saturated heterocycles. The smallest absolute Gasteiger partial charge is 0.265 e. The highest BCUT2D eigenvalue weighted by Gasteiger charge is 2.42. The second kappa shape index (κ2) is 10.4. The molecule has 1 unspecified atom stereocenters. The summed E-state index contributed by atoms with van der Waals surface area (Å²) < 4.78 is 34.3. The van der Waals surface area contributed by atoms with E-state index in [0.717, 1.165) is 9.87 Å². The van der Waals surface area contributed by atoms with E-state index in [9.17, 15) is 18.0 Å². The van der Waals surface area contributed by atoms with E-state index in [1.54, 1.807) is 50.2 Å². The highest BCUT2D eigenvalue weighted by atomic mass is 32.2. The lowest BCUT2D eigenvalue weighted by Gasteiger charge is -2.37. The highest BCUT2D eigenvalue weighted by molar-refractivity contribution is 7.93. The maximum absolute atomic E-state index is 14.0. The number of ether oxygens (including phenoxy) is 1. The summed E-state index contributed by atoms with van der Waals surface area (Å²) in [5, 5.41) is 5.50. The maximum Gasteiger partial charge on any atom is 0.265 e. The average Bonchev–Trinajstić information content (AvgIpc) is 2.73. The Morgan fingerprint density at radius 3 is 2.48 bits per heavy atom. The number of carbonyl (C=O) groups is 2. The molecule has 8 nitrogen and oxygen atoms in total. The molecule has 0 radical (unpaired) electrons. The molecule has 1 aliphatic rings. The number of nitrogens with one attached hydrogen (secondary N) is 2. The van der Waals surface area contributed by atoms with Crippen LogP contribution in [0.15, 0.2) is 41.3 Å². The lowest BCUT2D eigenvalue weighted by Crippen LogP contribution is -2.53. The van der Waals surface area contributed by atoms with Crippen LogP contribution in [-0.2, 0) is 24.3 Å². The van der Waals surface area contributed by atoms with Crippen molar-refractivity contribution in [3.05, 3.63) is 53.1 Å². The number of aryl methyl sites for hydroxylation is 3. The molecule has 1 atom stereocenters. The zero-order chi connectivity index (χ0) is 24.2. The maximum atomic E-state index is 14.0.